The maximum absolute atomic E-state index is 4.93. The SMILES string of the molecule is CCc1cc2c(-c3cc([Si](C)(C)C)cc([Si](C)(C)C)c3)c(C(C)(C)C)ccc2[cH-]1.[Cl][Zr][Cl]. The minimum absolute atomic E-state index is 0.113. The average molecular weight is 582 g/mol. The zero-order valence-electron chi connectivity index (χ0n) is 21.5. The number of hydrogen-bond acceptors (Lipinski definition) is 0. The van der Waals surface area contributed by atoms with Crippen LogP contribution in [0.4, 0.5) is 0 Å². The van der Waals surface area contributed by atoms with Crippen LogP contribution in [-0.4, -0.2) is 16.1 Å². The Morgan fingerprint density at radius 3 is 1.75 bits per heavy atom. The topological polar surface area (TPSA) is 0 Å². The third-order valence-electron chi connectivity index (χ3n) is 6.12. The molecule has 0 N–H and O–H groups in total. The molecule has 0 aliphatic carbocycles. The predicted octanol–water partition coefficient (Wildman–Crippen LogP) is 8.55. The fourth-order valence-electron chi connectivity index (χ4n) is 4.12. The van der Waals surface area contributed by atoms with Crippen LogP contribution in [0.15, 0.2) is 42.5 Å². The Balaban J connectivity index is 0.00000114. The first-order valence-corrected chi connectivity index (χ1v) is 24.8. The molecule has 0 fully saturated rings. The molecule has 0 atom stereocenters. The second-order valence-electron chi connectivity index (χ2n) is 11.8. The standard InChI is InChI=1S/C27H39Si2.2ClH.Zr/c1-11-19-14-20-12-13-25(27(2,3)4)26(24(20)15-19)21-16-22(28(5,6)7)18-23(17-21)29(8,9)10;;;/h12-18H,11H2,1-10H3;2*1H;/q-1;;;+2/p-2. The molecule has 174 valence electrons. The van der Waals surface area contributed by atoms with Gasteiger partial charge in [-0.2, -0.15) is 6.07 Å². The Kier molecular flexibility index (Phi) is 9.42. The van der Waals surface area contributed by atoms with Crippen LogP contribution in [0.2, 0.25) is 39.3 Å². The number of rotatable bonds is 4. The molecule has 3 rings (SSSR count). The second-order valence-corrected chi connectivity index (χ2v) is 25.7. The summed E-state index contributed by atoms with van der Waals surface area (Å²) in [5, 5.41) is 6.00. The van der Waals surface area contributed by atoms with Crippen molar-refractivity contribution in [3.63, 3.8) is 0 Å². The van der Waals surface area contributed by atoms with E-state index in [1.165, 1.54) is 33.0 Å². The molecule has 0 amide bonds. The van der Waals surface area contributed by atoms with Crippen molar-refractivity contribution < 1.29 is 20.8 Å². The van der Waals surface area contributed by atoms with Crippen molar-refractivity contribution in [2.24, 2.45) is 0 Å². The molecule has 0 radical (unpaired) electrons. The van der Waals surface area contributed by atoms with Crippen LogP contribution < -0.4 is 10.4 Å². The van der Waals surface area contributed by atoms with E-state index >= 15 is 0 Å². The van der Waals surface area contributed by atoms with E-state index in [1.807, 2.05) is 0 Å². The van der Waals surface area contributed by atoms with E-state index in [9.17, 15) is 0 Å². The normalized spacial score (nSPS) is 12.5. The Hall–Kier alpha value is -0.0531. The van der Waals surface area contributed by atoms with E-state index < -0.39 is 37.0 Å². The molecule has 0 nitrogen and oxygen atoms in total. The first-order valence-electron chi connectivity index (χ1n) is 11.5. The molecule has 0 bridgehead atoms. The van der Waals surface area contributed by atoms with Gasteiger partial charge in [0.25, 0.3) is 0 Å². The molecule has 0 saturated carbocycles. The van der Waals surface area contributed by atoms with Gasteiger partial charge in [0.1, 0.15) is 0 Å². The van der Waals surface area contributed by atoms with Crippen molar-refractivity contribution in [2.45, 2.75) is 78.8 Å². The molecule has 0 saturated heterocycles. The summed E-state index contributed by atoms with van der Waals surface area (Å²) in [4.78, 5) is 0. The van der Waals surface area contributed by atoms with Crippen LogP contribution in [0.5, 0.6) is 0 Å². The molecule has 0 unspecified atom stereocenters. The Morgan fingerprint density at radius 2 is 1.34 bits per heavy atom. The third kappa shape index (κ3) is 6.76. The van der Waals surface area contributed by atoms with Crippen molar-refractivity contribution in [2.75, 3.05) is 0 Å². The summed E-state index contributed by atoms with van der Waals surface area (Å²) < 4.78 is 0. The molecule has 3 aromatic carbocycles. The number of hydrogen-bond donors (Lipinski definition) is 0. The van der Waals surface area contributed by atoms with Gasteiger partial charge >= 0.3 is 37.9 Å². The minimum atomic E-state index is -1.42. The molecule has 0 heterocycles. The molecule has 0 aliphatic rings. The summed E-state index contributed by atoms with van der Waals surface area (Å²) in [7, 11) is 7.03. The van der Waals surface area contributed by atoms with Gasteiger partial charge in [-0.1, -0.05) is 107 Å². The fourth-order valence-corrected chi connectivity index (χ4v) is 6.62. The third-order valence-corrected chi connectivity index (χ3v) is 10.2. The van der Waals surface area contributed by atoms with E-state index in [2.05, 4.69) is 109 Å². The Labute approximate surface area is 217 Å². The van der Waals surface area contributed by atoms with Crippen molar-refractivity contribution in [1.29, 1.82) is 0 Å². The molecule has 0 aromatic heterocycles. The van der Waals surface area contributed by atoms with E-state index in [0.29, 0.717) is 0 Å². The summed E-state index contributed by atoms with van der Waals surface area (Å²) >= 11 is -0.826. The molecule has 0 aliphatic heterocycles. The number of halogens is 2. The van der Waals surface area contributed by atoms with Crippen molar-refractivity contribution in [1.82, 2.24) is 0 Å². The summed E-state index contributed by atoms with van der Waals surface area (Å²) in [6.45, 7) is 24.2. The fraction of sp³-hybridized carbons (Fsp3) is 0.444. The summed E-state index contributed by atoms with van der Waals surface area (Å²) in [5.74, 6) is 0. The van der Waals surface area contributed by atoms with Gasteiger partial charge in [-0.15, -0.1) is 34.5 Å². The summed E-state index contributed by atoms with van der Waals surface area (Å²) in [6.07, 6.45) is 1.09. The average Bonchev–Trinajstić information content (AvgIpc) is 3.08. The zero-order valence-corrected chi connectivity index (χ0v) is 27.5. The quantitative estimate of drug-likeness (QED) is 0.214. The Bertz CT molecular complexity index is 1030. The van der Waals surface area contributed by atoms with E-state index in [4.69, 9.17) is 17.0 Å². The van der Waals surface area contributed by atoms with Gasteiger partial charge in [0, 0.05) is 0 Å². The number of aryl methyl sites for hydroxylation is 1. The first-order chi connectivity index (χ1) is 14.6. The molecule has 3 aromatic rings. The monoisotopic (exact) mass is 579 g/mol. The van der Waals surface area contributed by atoms with Crippen LogP contribution in [0.1, 0.15) is 38.8 Å². The summed E-state index contributed by atoms with van der Waals surface area (Å²) in [6, 6.07) is 17.1. The predicted molar refractivity (Wildman–Crippen MR) is 151 cm³/mol. The number of benzene rings is 2. The van der Waals surface area contributed by atoms with Gasteiger partial charge in [-0.3, -0.25) is 0 Å². The maximum atomic E-state index is 4.93. The van der Waals surface area contributed by atoms with Gasteiger partial charge < -0.3 is 0 Å². The van der Waals surface area contributed by atoms with Crippen molar-refractivity contribution in [3.8, 4) is 11.1 Å². The molecular weight excluding hydrogens is 543 g/mol. The molecule has 32 heavy (non-hydrogen) atoms. The van der Waals surface area contributed by atoms with Crippen molar-refractivity contribution >= 4 is 54.3 Å². The van der Waals surface area contributed by atoms with Gasteiger partial charge in [-0.05, 0) is 17.4 Å². The van der Waals surface area contributed by atoms with Gasteiger partial charge in [0.15, 0.2) is 0 Å². The first kappa shape index (κ1) is 28.2. The van der Waals surface area contributed by atoms with Crippen LogP contribution in [0.25, 0.3) is 21.9 Å². The molecular formula is C27H39Cl2Si2Zr-. The molecule has 0 spiro atoms. The van der Waals surface area contributed by atoms with E-state index in [1.54, 1.807) is 10.4 Å². The van der Waals surface area contributed by atoms with Crippen LogP contribution in [0.3, 0.4) is 0 Å². The van der Waals surface area contributed by atoms with Crippen LogP contribution >= 0.6 is 17.0 Å². The van der Waals surface area contributed by atoms with Gasteiger partial charge in [0.2, 0.25) is 0 Å². The van der Waals surface area contributed by atoms with Crippen molar-refractivity contribution in [3.05, 3.63) is 53.6 Å². The molecule has 5 heteroatoms. The van der Waals surface area contributed by atoms with Crippen LogP contribution in [-0.2, 0) is 32.7 Å². The van der Waals surface area contributed by atoms with Crippen LogP contribution in [0, 0.1) is 0 Å². The Morgan fingerprint density at radius 1 is 0.844 bits per heavy atom. The summed E-state index contributed by atoms with van der Waals surface area (Å²) in [5.41, 5.74) is 5.92. The van der Waals surface area contributed by atoms with Gasteiger partial charge in [-0.25, -0.2) is 0 Å². The second kappa shape index (κ2) is 10.7. The van der Waals surface area contributed by atoms with E-state index in [0.717, 1.165) is 6.42 Å². The van der Waals surface area contributed by atoms with Gasteiger partial charge in [0.05, 0.1) is 16.1 Å². The van der Waals surface area contributed by atoms with E-state index in [-0.39, 0.29) is 5.41 Å². The zero-order chi connectivity index (χ0) is 24.5. The number of fused-ring (bicyclic) bond motifs is 1.